The van der Waals surface area contributed by atoms with Crippen LogP contribution in [-0.2, 0) is 6.61 Å². The predicted octanol–water partition coefficient (Wildman–Crippen LogP) is 4.52. The van der Waals surface area contributed by atoms with E-state index in [9.17, 15) is 9.18 Å². The number of benzene rings is 2. The van der Waals surface area contributed by atoms with Crippen LogP contribution < -0.4 is 10.4 Å². The molecule has 136 valence electrons. The van der Waals surface area contributed by atoms with E-state index in [1.807, 2.05) is 0 Å². The van der Waals surface area contributed by atoms with Crippen molar-refractivity contribution < 1.29 is 18.0 Å². The molecular weight excluding hydrogens is 375 g/mol. The van der Waals surface area contributed by atoms with Gasteiger partial charge in [-0.1, -0.05) is 11.6 Å². The Morgan fingerprint density at radius 1 is 1.11 bits per heavy atom. The fraction of sp³-hybridized carbons (Fsp3) is 0.105. The highest BCUT2D eigenvalue weighted by Gasteiger charge is 2.12. The summed E-state index contributed by atoms with van der Waals surface area (Å²) in [6.07, 6.45) is 0. The van der Waals surface area contributed by atoms with Gasteiger partial charge >= 0.3 is 5.63 Å². The smallest absolute Gasteiger partial charge is 0.336 e. The van der Waals surface area contributed by atoms with Crippen LogP contribution in [0.3, 0.4) is 0 Å². The molecule has 0 aliphatic rings. The summed E-state index contributed by atoms with van der Waals surface area (Å²) in [7, 11) is 0. The molecule has 0 N–H and O–H groups in total. The zero-order chi connectivity index (χ0) is 19.0. The fourth-order valence-corrected chi connectivity index (χ4v) is 2.81. The van der Waals surface area contributed by atoms with E-state index in [0.717, 1.165) is 10.9 Å². The van der Waals surface area contributed by atoms with Gasteiger partial charge in [-0.15, -0.1) is 10.2 Å². The molecule has 0 amide bonds. The minimum Gasteiger partial charge on any atom is -0.482 e. The van der Waals surface area contributed by atoms with E-state index >= 15 is 0 Å². The average Bonchev–Trinajstić information content (AvgIpc) is 3.10. The van der Waals surface area contributed by atoms with Gasteiger partial charge < -0.3 is 13.6 Å². The average molecular weight is 387 g/mol. The van der Waals surface area contributed by atoms with Gasteiger partial charge in [-0.05, 0) is 42.8 Å². The Balaban J connectivity index is 1.56. The summed E-state index contributed by atoms with van der Waals surface area (Å²) in [5.74, 6) is 0.435. The van der Waals surface area contributed by atoms with Crippen molar-refractivity contribution in [1.82, 2.24) is 10.2 Å². The highest BCUT2D eigenvalue weighted by molar-refractivity contribution is 6.32. The topological polar surface area (TPSA) is 78.4 Å². The number of hydrogen-bond donors (Lipinski definition) is 0. The Morgan fingerprint density at radius 2 is 1.89 bits per heavy atom. The molecule has 2 aromatic heterocycles. The summed E-state index contributed by atoms with van der Waals surface area (Å²) in [5, 5.41) is 8.89. The van der Waals surface area contributed by atoms with E-state index in [2.05, 4.69) is 10.2 Å². The van der Waals surface area contributed by atoms with Crippen LogP contribution in [0.15, 0.2) is 56.1 Å². The first-order valence-corrected chi connectivity index (χ1v) is 8.32. The SMILES string of the molecule is Cc1cc(=O)oc2cc(OCc3nnc(-c4ccc(F)cc4)o3)c(Cl)cc12. The monoisotopic (exact) mass is 386 g/mol. The second-order valence-corrected chi connectivity index (χ2v) is 6.23. The lowest BCUT2D eigenvalue weighted by molar-refractivity contribution is 0.264. The molecule has 0 aliphatic carbocycles. The van der Waals surface area contributed by atoms with Gasteiger partial charge in [-0.2, -0.15) is 0 Å². The molecule has 2 heterocycles. The number of nitrogens with zero attached hydrogens (tertiary/aromatic N) is 2. The second kappa shape index (κ2) is 6.85. The van der Waals surface area contributed by atoms with Gasteiger partial charge in [0, 0.05) is 23.1 Å². The van der Waals surface area contributed by atoms with Gasteiger partial charge in [-0.3, -0.25) is 0 Å². The minimum atomic E-state index is -0.450. The van der Waals surface area contributed by atoms with Crippen LogP contribution in [0, 0.1) is 12.7 Å². The van der Waals surface area contributed by atoms with E-state index in [0.29, 0.717) is 21.9 Å². The number of rotatable bonds is 4. The molecule has 4 aromatic rings. The zero-order valence-electron chi connectivity index (χ0n) is 14.0. The molecule has 0 aliphatic heterocycles. The van der Waals surface area contributed by atoms with E-state index in [1.165, 1.54) is 30.3 Å². The number of aryl methyl sites for hydroxylation is 1. The van der Waals surface area contributed by atoms with E-state index in [-0.39, 0.29) is 24.2 Å². The van der Waals surface area contributed by atoms with Crippen LogP contribution >= 0.6 is 11.6 Å². The number of fused-ring (bicyclic) bond motifs is 1. The van der Waals surface area contributed by atoms with Crippen molar-refractivity contribution in [3.05, 3.63) is 75.2 Å². The Kier molecular flexibility index (Phi) is 4.37. The number of hydrogen-bond acceptors (Lipinski definition) is 6. The number of halogens is 2. The van der Waals surface area contributed by atoms with Crippen molar-refractivity contribution in [2.24, 2.45) is 0 Å². The molecule has 0 saturated carbocycles. The van der Waals surface area contributed by atoms with Gasteiger partial charge in [0.25, 0.3) is 5.89 Å². The van der Waals surface area contributed by atoms with Gasteiger partial charge in [0.05, 0.1) is 5.02 Å². The maximum Gasteiger partial charge on any atom is 0.336 e. The van der Waals surface area contributed by atoms with Crippen LogP contribution in [0.4, 0.5) is 4.39 Å². The first kappa shape index (κ1) is 17.2. The molecule has 0 radical (unpaired) electrons. The van der Waals surface area contributed by atoms with E-state index < -0.39 is 5.63 Å². The Hall–Kier alpha value is -3.19. The van der Waals surface area contributed by atoms with Gasteiger partial charge in [0.2, 0.25) is 5.89 Å². The van der Waals surface area contributed by atoms with Gasteiger partial charge in [0.1, 0.15) is 17.1 Å². The molecule has 0 bridgehead atoms. The Labute approximate surface area is 157 Å². The quantitative estimate of drug-likeness (QED) is 0.480. The first-order valence-electron chi connectivity index (χ1n) is 7.95. The summed E-state index contributed by atoms with van der Waals surface area (Å²) in [4.78, 5) is 11.5. The molecule has 0 spiro atoms. The van der Waals surface area contributed by atoms with E-state index in [4.69, 9.17) is 25.2 Å². The molecule has 0 atom stereocenters. The third-order valence-corrected chi connectivity index (χ3v) is 4.21. The predicted molar refractivity (Wildman–Crippen MR) is 96.3 cm³/mol. The normalized spacial score (nSPS) is 11.1. The summed E-state index contributed by atoms with van der Waals surface area (Å²) in [5.41, 5.74) is 1.28. The molecule has 2 aromatic carbocycles. The number of aromatic nitrogens is 2. The fourth-order valence-electron chi connectivity index (χ4n) is 2.59. The molecule has 6 nitrogen and oxygen atoms in total. The maximum atomic E-state index is 13.0. The van der Waals surface area contributed by atoms with Crippen LogP contribution in [0.5, 0.6) is 5.75 Å². The second-order valence-electron chi connectivity index (χ2n) is 5.82. The Morgan fingerprint density at radius 3 is 2.67 bits per heavy atom. The zero-order valence-corrected chi connectivity index (χ0v) is 14.8. The van der Waals surface area contributed by atoms with Crippen LogP contribution in [-0.4, -0.2) is 10.2 Å². The highest BCUT2D eigenvalue weighted by atomic mass is 35.5. The lowest BCUT2D eigenvalue weighted by atomic mass is 10.1. The summed E-state index contributed by atoms with van der Waals surface area (Å²) < 4.78 is 29.3. The molecule has 4 rings (SSSR count). The molecular formula is C19H12ClFN2O4. The van der Waals surface area contributed by atoms with Crippen molar-refractivity contribution in [2.75, 3.05) is 0 Å². The lowest BCUT2D eigenvalue weighted by Crippen LogP contribution is -2.00. The maximum absolute atomic E-state index is 13.0. The molecule has 0 unspecified atom stereocenters. The van der Waals surface area contributed by atoms with Crippen LogP contribution in [0.2, 0.25) is 5.02 Å². The van der Waals surface area contributed by atoms with Gasteiger partial charge in [-0.25, -0.2) is 9.18 Å². The molecule has 0 fully saturated rings. The summed E-state index contributed by atoms with van der Waals surface area (Å²) >= 11 is 6.25. The van der Waals surface area contributed by atoms with Crippen LogP contribution in [0.1, 0.15) is 11.5 Å². The van der Waals surface area contributed by atoms with Gasteiger partial charge in [0.15, 0.2) is 6.61 Å². The summed E-state index contributed by atoms with van der Waals surface area (Å²) in [6.45, 7) is 1.76. The third kappa shape index (κ3) is 3.54. The third-order valence-electron chi connectivity index (χ3n) is 3.91. The van der Waals surface area contributed by atoms with Crippen LogP contribution in [0.25, 0.3) is 22.4 Å². The van der Waals surface area contributed by atoms with Crippen molar-refractivity contribution >= 4 is 22.6 Å². The van der Waals surface area contributed by atoms with Crippen molar-refractivity contribution in [3.8, 4) is 17.2 Å². The van der Waals surface area contributed by atoms with E-state index in [1.54, 1.807) is 19.1 Å². The standard InChI is InChI=1S/C19H12ClFN2O4/c1-10-6-18(24)26-15-8-16(14(20)7-13(10)15)25-9-17-22-23-19(27-17)11-2-4-12(21)5-3-11/h2-8H,9H2,1H3. The molecule has 0 saturated heterocycles. The summed E-state index contributed by atoms with van der Waals surface area (Å²) in [6, 6.07) is 10.3. The minimum absolute atomic E-state index is 0.0323. The molecule has 27 heavy (non-hydrogen) atoms. The van der Waals surface area contributed by atoms with Crippen molar-refractivity contribution in [1.29, 1.82) is 0 Å². The highest BCUT2D eigenvalue weighted by Crippen LogP contribution is 2.31. The Bertz CT molecular complexity index is 1180. The van der Waals surface area contributed by atoms with Crippen molar-refractivity contribution in [3.63, 3.8) is 0 Å². The van der Waals surface area contributed by atoms with Crippen molar-refractivity contribution in [2.45, 2.75) is 13.5 Å². The lowest BCUT2D eigenvalue weighted by Gasteiger charge is -2.08. The molecule has 8 heteroatoms. The first-order chi connectivity index (χ1) is 13.0. The number of ether oxygens (including phenoxy) is 1. The largest absolute Gasteiger partial charge is 0.482 e.